The quantitative estimate of drug-likeness (QED) is 0.866. The molecule has 2 N–H and O–H groups in total. The van der Waals surface area contributed by atoms with Gasteiger partial charge < -0.3 is 15.3 Å². The number of carboxylic acids is 1. The molecule has 2 fully saturated rings. The Morgan fingerprint density at radius 2 is 2.19 bits per heavy atom. The van der Waals surface area contributed by atoms with Crippen LogP contribution in [0.3, 0.4) is 0 Å². The maximum atomic E-state index is 12.2. The number of nitrogens with zero attached hydrogens (tertiary/aromatic N) is 1. The summed E-state index contributed by atoms with van der Waals surface area (Å²) in [5, 5.41) is 13.6. The zero-order valence-corrected chi connectivity index (χ0v) is 12.2. The van der Waals surface area contributed by atoms with Crippen LogP contribution < -0.4 is 5.32 Å². The smallest absolute Gasteiger partial charge is 0.338 e. The number of hydrogen-bond donors (Lipinski definition) is 2. The zero-order chi connectivity index (χ0) is 15.0. The third-order valence-corrected chi connectivity index (χ3v) is 4.72. The predicted molar refractivity (Wildman–Crippen MR) is 77.3 cm³/mol. The molecule has 6 nitrogen and oxygen atoms in total. The molecule has 1 saturated carbocycles. The van der Waals surface area contributed by atoms with E-state index in [1.807, 2.05) is 0 Å². The van der Waals surface area contributed by atoms with Crippen LogP contribution in [-0.2, 0) is 9.59 Å². The van der Waals surface area contributed by atoms with E-state index in [4.69, 9.17) is 5.11 Å². The monoisotopic (exact) mass is 308 g/mol. The van der Waals surface area contributed by atoms with Crippen molar-refractivity contribution in [3.05, 3.63) is 17.0 Å². The Morgan fingerprint density at radius 3 is 2.86 bits per heavy atom. The van der Waals surface area contributed by atoms with Crippen LogP contribution in [0.15, 0.2) is 11.4 Å². The highest BCUT2D eigenvalue weighted by molar-refractivity contribution is 7.14. The summed E-state index contributed by atoms with van der Waals surface area (Å²) in [7, 11) is 0. The first kappa shape index (κ1) is 14.1. The van der Waals surface area contributed by atoms with Gasteiger partial charge in [-0.3, -0.25) is 9.59 Å². The van der Waals surface area contributed by atoms with E-state index in [0.717, 1.165) is 19.4 Å². The largest absolute Gasteiger partial charge is 0.478 e. The lowest BCUT2D eigenvalue weighted by molar-refractivity contribution is -0.128. The van der Waals surface area contributed by atoms with Gasteiger partial charge in [-0.25, -0.2) is 4.79 Å². The number of carbonyl (C=O) groups is 3. The minimum absolute atomic E-state index is 0.0201. The molecule has 0 radical (unpaired) electrons. The first-order valence-corrected chi connectivity index (χ1v) is 7.82. The number of thiophene rings is 1. The van der Waals surface area contributed by atoms with Crippen molar-refractivity contribution in [1.29, 1.82) is 0 Å². The summed E-state index contributed by atoms with van der Waals surface area (Å²) in [6.07, 6.45) is 2.54. The molecule has 2 amide bonds. The summed E-state index contributed by atoms with van der Waals surface area (Å²) in [6.45, 7) is 1.19. The number of nitrogens with one attached hydrogen (secondary N) is 1. The molecule has 1 saturated heterocycles. The van der Waals surface area contributed by atoms with E-state index in [1.54, 1.807) is 10.3 Å². The van der Waals surface area contributed by atoms with Gasteiger partial charge in [0.15, 0.2) is 0 Å². The first-order chi connectivity index (χ1) is 10.0. The number of aromatic carboxylic acids is 1. The maximum Gasteiger partial charge on any atom is 0.338 e. The van der Waals surface area contributed by atoms with Crippen LogP contribution in [0.25, 0.3) is 0 Å². The Balaban J connectivity index is 1.61. The van der Waals surface area contributed by atoms with Crippen LogP contribution in [-0.4, -0.2) is 40.9 Å². The summed E-state index contributed by atoms with van der Waals surface area (Å²) in [4.78, 5) is 36.9. The highest BCUT2D eigenvalue weighted by Gasteiger charge is 2.37. The van der Waals surface area contributed by atoms with E-state index in [-0.39, 0.29) is 29.7 Å². The number of carbonyl (C=O) groups excluding carboxylic acids is 2. The van der Waals surface area contributed by atoms with Crippen LogP contribution in [0, 0.1) is 11.8 Å². The molecule has 112 valence electrons. The molecular formula is C14H16N2O4S. The van der Waals surface area contributed by atoms with Crippen molar-refractivity contribution in [1.82, 2.24) is 4.90 Å². The minimum atomic E-state index is -1.07. The average Bonchev–Trinajstić information content (AvgIpc) is 2.98. The number of anilines is 1. The maximum absolute atomic E-state index is 12.2. The molecule has 1 aliphatic carbocycles. The normalized spacial score (nSPS) is 21.6. The third-order valence-electron chi connectivity index (χ3n) is 3.89. The van der Waals surface area contributed by atoms with E-state index in [9.17, 15) is 14.4 Å². The fraction of sp³-hybridized carbons (Fsp3) is 0.500. The van der Waals surface area contributed by atoms with Crippen molar-refractivity contribution in [3.63, 3.8) is 0 Å². The molecule has 1 atom stereocenters. The van der Waals surface area contributed by atoms with Gasteiger partial charge in [0, 0.05) is 19.5 Å². The Labute approximate surface area is 125 Å². The lowest BCUT2D eigenvalue weighted by Crippen LogP contribution is -2.29. The van der Waals surface area contributed by atoms with Gasteiger partial charge in [-0.05, 0) is 30.2 Å². The fourth-order valence-corrected chi connectivity index (χ4v) is 3.31. The zero-order valence-electron chi connectivity index (χ0n) is 11.4. The molecule has 2 heterocycles. The second-order valence-corrected chi connectivity index (χ2v) is 6.52. The Morgan fingerprint density at radius 1 is 1.43 bits per heavy atom. The number of rotatable bonds is 5. The van der Waals surface area contributed by atoms with Crippen LogP contribution in [0.5, 0.6) is 0 Å². The van der Waals surface area contributed by atoms with Gasteiger partial charge >= 0.3 is 5.97 Å². The van der Waals surface area contributed by atoms with Gasteiger partial charge in [0.25, 0.3) is 0 Å². The van der Waals surface area contributed by atoms with E-state index in [1.165, 1.54) is 17.4 Å². The number of likely N-dealkylation sites (tertiary alicyclic amines) is 1. The van der Waals surface area contributed by atoms with Crippen molar-refractivity contribution in [2.45, 2.75) is 19.3 Å². The molecule has 1 aromatic rings. The molecule has 1 aliphatic heterocycles. The van der Waals surface area contributed by atoms with Gasteiger partial charge in [0.1, 0.15) is 5.00 Å². The topological polar surface area (TPSA) is 86.7 Å². The first-order valence-electron chi connectivity index (χ1n) is 6.94. The lowest BCUT2D eigenvalue weighted by atomic mass is 10.1. The highest BCUT2D eigenvalue weighted by atomic mass is 32.1. The Bertz CT molecular complexity index is 594. The van der Waals surface area contributed by atoms with Gasteiger partial charge in [0.2, 0.25) is 11.8 Å². The minimum Gasteiger partial charge on any atom is -0.478 e. The molecule has 1 unspecified atom stereocenters. The standard InChI is InChI=1S/C14H16N2O4S/c17-11-5-9(7-16(11)6-8-1-2-8)12(18)15-13-10(14(19)20)3-4-21-13/h3-4,8-9H,1-2,5-7H2,(H,15,18)(H,19,20). The summed E-state index contributed by atoms with van der Waals surface area (Å²) in [5.41, 5.74) is 0.0903. The van der Waals surface area contributed by atoms with Crippen molar-refractivity contribution in [3.8, 4) is 0 Å². The van der Waals surface area contributed by atoms with Crippen molar-refractivity contribution >= 4 is 34.1 Å². The SMILES string of the molecule is O=C(O)c1ccsc1NC(=O)C1CC(=O)N(CC2CC2)C1. The lowest BCUT2D eigenvalue weighted by Gasteiger charge is -2.15. The average molecular weight is 308 g/mol. The van der Waals surface area contributed by atoms with Crippen molar-refractivity contribution in [2.24, 2.45) is 11.8 Å². The predicted octanol–water partition coefficient (Wildman–Crippen LogP) is 1.64. The van der Waals surface area contributed by atoms with Gasteiger partial charge in [0.05, 0.1) is 11.5 Å². The van der Waals surface area contributed by atoms with Gasteiger partial charge in [-0.2, -0.15) is 0 Å². The van der Waals surface area contributed by atoms with E-state index < -0.39 is 5.97 Å². The summed E-state index contributed by atoms with van der Waals surface area (Å²) < 4.78 is 0. The summed E-state index contributed by atoms with van der Waals surface area (Å²) in [5.74, 6) is -1.10. The highest BCUT2D eigenvalue weighted by Crippen LogP contribution is 2.32. The number of amides is 2. The second kappa shape index (κ2) is 5.48. The van der Waals surface area contributed by atoms with Crippen molar-refractivity contribution in [2.75, 3.05) is 18.4 Å². The van der Waals surface area contributed by atoms with Crippen LogP contribution in [0.2, 0.25) is 0 Å². The van der Waals surface area contributed by atoms with E-state index in [0.29, 0.717) is 17.5 Å². The molecule has 2 aliphatic rings. The molecule has 3 rings (SSSR count). The summed E-state index contributed by atoms with van der Waals surface area (Å²) in [6, 6.07) is 1.46. The van der Waals surface area contributed by atoms with Crippen LogP contribution in [0.4, 0.5) is 5.00 Å². The molecule has 0 spiro atoms. The van der Waals surface area contributed by atoms with Gasteiger partial charge in [-0.15, -0.1) is 11.3 Å². The Kier molecular flexibility index (Phi) is 3.67. The molecule has 0 aromatic carbocycles. The molecule has 21 heavy (non-hydrogen) atoms. The second-order valence-electron chi connectivity index (χ2n) is 5.60. The molecule has 7 heteroatoms. The number of carboxylic acid groups (broad SMARTS) is 1. The Hall–Kier alpha value is -1.89. The number of hydrogen-bond acceptors (Lipinski definition) is 4. The summed E-state index contributed by atoms with van der Waals surface area (Å²) >= 11 is 1.18. The fourth-order valence-electron chi connectivity index (χ4n) is 2.52. The molecule has 0 bridgehead atoms. The van der Waals surface area contributed by atoms with Gasteiger partial charge in [-0.1, -0.05) is 0 Å². The van der Waals surface area contributed by atoms with Crippen molar-refractivity contribution < 1.29 is 19.5 Å². The molecular weight excluding hydrogens is 292 g/mol. The van der Waals surface area contributed by atoms with Crippen LogP contribution >= 0.6 is 11.3 Å². The van der Waals surface area contributed by atoms with Crippen LogP contribution in [0.1, 0.15) is 29.6 Å². The molecule has 1 aromatic heterocycles. The van der Waals surface area contributed by atoms with E-state index >= 15 is 0 Å². The van der Waals surface area contributed by atoms with E-state index in [2.05, 4.69) is 5.32 Å². The third kappa shape index (κ3) is 3.07.